The molecule has 0 aliphatic heterocycles. The second-order valence-electron chi connectivity index (χ2n) is 9.09. The van der Waals surface area contributed by atoms with Gasteiger partial charge in [-0.2, -0.15) is 0 Å². The Bertz CT molecular complexity index is 893. The molecule has 0 heterocycles. The lowest BCUT2D eigenvalue weighted by Crippen LogP contribution is -2.35. The van der Waals surface area contributed by atoms with E-state index in [0.29, 0.717) is 35.1 Å². The van der Waals surface area contributed by atoms with E-state index >= 15 is 0 Å². The van der Waals surface area contributed by atoms with Crippen molar-refractivity contribution in [2.24, 2.45) is 5.92 Å². The smallest absolute Gasteiger partial charge is 0.178 e. The van der Waals surface area contributed by atoms with E-state index in [2.05, 4.69) is 40.8 Å². The monoisotopic (exact) mass is 498 g/mol. The van der Waals surface area contributed by atoms with E-state index in [0.717, 1.165) is 11.1 Å². The Labute approximate surface area is 201 Å². The van der Waals surface area contributed by atoms with Gasteiger partial charge in [0.15, 0.2) is 18.9 Å². The van der Waals surface area contributed by atoms with Gasteiger partial charge in [0.1, 0.15) is 0 Å². The maximum absolute atomic E-state index is 12.2. The average molecular weight is 499 g/mol. The molecule has 0 aliphatic rings. The van der Waals surface area contributed by atoms with Gasteiger partial charge in [0.25, 0.3) is 0 Å². The molecule has 2 aromatic carbocycles. The fourth-order valence-electron chi connectivity index (χ4n) is 2.97. The summed E-state index contributed by atoms with van der Waals surface area (Å²) in [6, 6.07) is 14.2. The van der Waals surface area contributed by atoms with Crippen molar-refractivity contribution >= 4 is 30.5 Å². The van der Waals surface area contributed by atoms with Crippen molar-refractivity contribution in [3.8, 4) is 0 Å². The summed E-state index contributed by atoms with van der Waals surface area (Å²) in [5, 5.41) is 9.40. The van der Waals surface area contributed by atoms with Crippen LogP contribution >= 0.6 is 11.6 Å². The van der Waals surface area contributed by atoms with Gasteiger partial charge >= 0.3 is 0 Å². The second-order valence-corrected chi connectivity index (χ2v) is 14.0. The van der Waals surface area contributed by atoms with E-state index in [1.165, 1.54) is 0 Å². The van der Waals surface area contributed by atoms with Crippen molar-refractivity contribution in [3.63, 3.8) is 0 Å². The van der Waals surface area contributed by atoms with Gasteiger partial charge in [0.05, 0.1) is 16.2 Å². The van der Waals surface area contributed by atoms with Gasteiger partial charge < -0.3 is 9.53 Å². The highest BCUT2D eigenvalue weighted by Crippen LogP contribution is 2.21. The van der Waals surface area contributed by atoms with Crippen LogP contribution < -0.4 is 0 Å². The molecule has 2 aromatic rings. The third-order valence-corrected chi connectivity index (χ3v) is 8.55. The highest BCUT2D eigenvalue weighted by atomic mass is 35.5. The molecule has 7 heteroatoms. The minimum atomic E-state index is -3.26. The van der Waals surface area contributed by atoms with Crippen LogP contribution in [0.1, 0.15) is 45.2 Å². The Kier molecular flexibility index (Phi) is 12.2. The summed E-state index contributed by atoms with van der Waals surface area (Å²) in [7, 11) is -4.11. The van der Waals surface area contributed by atoms with Crippen molar-refractivity contribution in [2.45, 2.75) is 70.5 Å². The lowest BCUT2D eigenvalue weighted by atomic mass is 9.95. The molecule has 0 aromatic heterocycles. The van der Waals surface area contributed by atoms with Crippen LogP contribution in [-0.2, 0) is 27.1 Å². The van der Waals surface area contributed by atoms with Gasteiger partial charge in [-0.1, -0.05) is 49.7 Å². The third-order valence-electron chi connectivity index (χ3n) is 5.40. The predicted molar refractivity (Wildman–Crippen MR) is 138 cm³/mol. The molecule has 1 N–H and O–H groups in total. The Balaban J connectivity index is 0.000000433. The van der Waals surface area contributed by atoms with Crippen molar-refractivity contribution in [1.82, 2.24) is 0 Å². The first-order valence-electron chi connectivity index (χ1n) is 11.2. The third kappa shape index (κ3) is 10.6. The normalized spacial score (nSPS) is 12.1. The minimum Gasteiger partial charge on any atom is -0.415 e. The number of aliphatic hydroxyl groups excluding tert-OH is 1. The first-order valence-corrected chi connectivity index (χ1v) is 16.0. The van der Waals surface area contributed by atoms with Crippen molar-refractivity contribution in [2.75, 3.05) is 12.4 Å². The van der Waals surface area contributed by atoms with Gasteiger partial charge in [-0.3, -0.25) is 0 Å². The molecule has 180 valence electrons. The molecule has 0 radical (unpaired) electrons. The van der Waals surface area contributed by atoms with Crippen LogP contribution in [0.3, 0.4) is 0 Å². The molecule has 0 aliphatic carbocycles. The summed E-state index contributed by atoms with van der Waals surface area (Å²) in [5.74, 6) is 0.731. The first kappa shape index (κ1) is 28.8. The van der Waals surface area contributed by atoms with E-state index in [1.54, 1.807) is 24.3 Å². The number of halogens is 1. The van der Waals surface area contributed by atoms with Crippen LogP contribution in [0.2, 0.25) is 18.1 Å². The van der Waals surface area contributed by atoms with Gasteiger partial charge in [0.2, 0.25) is 0 Å². The molecule has 4 nitrogen and oxygen atoms in total. The number of hydrogen-bond acceptors (Lipinski definition) is 4. The number of aryl methyl sites for hydroxylation is 1. The number of hydrogen-bond donors (Lipinski definition) is 1. The van der Waals surface area contributed by atoms with E-state index in [-0.39, 0.29) is 18.0 Å². The fourth-order valence-corrected chi connectivity index (χ4v) is 5.90. The standard InChI is InChI=1S/C17H19ClO3S.C8H20OSi/c18-16-7-9-17(10-8-16)22(20,21)13-1-2-14-3-5-15(6-4-14)11-12-19;1-7(2)8(3,4)9-10(5)6/h3-10,19H,1-2,11-13H2;7,10H,1-6H3. The van der Waals surface area contributed by atoms with E-state index in [9.17, 15) is 8.42 Å². The topological polar surface area (TPSA) is 63.6 Å². The highest BCUT2D eigenvalue weighted by Gasteiger charge is 2.23. The number of benzene rings is 2. The number of sulfone groups is 1. The Morgan fingerprint density at radius 2 is 1.47 bits per heavy atom. The predicted octanol–water partition coefficient (Wildman–Crippen LogP) is 5.70. The molecule has 0 amide bonds. The van der Waals surface area contributed by atoms with Gasteiger partial charge in [-0.05, 0) is 87.5 Å². The molecule has 0 fully saturated rings. The van der Waals surface area contributed by atoms with Crippen LogP contribution in [-0.4, -0.2) is 40.5 Å². The maximum atomic E-state index is 12.2. The Hall–Kier alpha value is -1.18. The van der Waals surface area contributed by atoms with Crippen LogP contribution in [0.15, 0.2) is 53.4 Å². The van der Waals surface area contributed by atoms with Gasteiger partial charge in [-0.25, -0.2) is 8.42 Å². The summed E-state index contributed by atoms with van der Waals surface area (Å²) < 4.78 is 30.2. The van der Waals surface area contributed by atoms with Gasteiger partial charge in [-0.15, -0.1) is 0 Å². The Morgan fingerprint density at radius 1 is 0.969 bits per heavy atom. The molecular weight excluding hydrogens is 460 g/mol. The summed E-state index contributed by atoms with van der Waals surface area (Å²) in [6.07, 6.45) is 1.93. The molecule has 32 heavy (non-hydrogen) atoms. The SMILES string of the molecule is CC(C)C(C)(C)O[SiH](C)C.O=S(=O)(CCCc1ccc(CCO)cc1)c1ccc(Cl)cc1. The van der Waals surface area contributed by atoms with Crippen molar-refractivity contribution in [3.05, 3.63) is 64.7 Å². The fraction of sp³-hybridized carbons (Fsp3) is 0.520. The zero-order valence-corrected chi connectivity index (χ0v) is 23.0. The summed E-state index contributed by atoms with van der Waals surface area (Å²) >= 11 is 5.77. The van der Waals surface area contributed by atoms with Crippen molar-refractivity contribution < 1.29 is 18.0 Å². The molecule has 0 bridgehead atoms. The average Bonchev–Trinajstić information content (AvgIpc) is 2.69. The van der Waals surface area contributed by atoms with E-state index < -0.39 is 18.9 Å². The molecule has 0 unspecified atom stereocenters. The van der Waals surface area contributed by atoms with Crippen LogP contribution in [0.5, 0.6) is 0 Å². The molecular formula is C25H39ClO4SSi. The Morgan fingerprint density at radius 3 is 1.88 bits per heavy atom. The molecule has 2 rings (SSSR count). The quantitative estimate of drug-likeness (QED) is 0.426. The molecule has 0 saturated carbocycles. The molecule has 0 spiro atoms. The molecule has 0 saturated heterocycles. The van der Waals surface area contributed by atoms with Gasteiger partial charge in [0, 0.05) is 11.6 Å². The second kappa shape index (κ2) is 13.5. The van der Waals surface area contributed by atoms with E-state index in [4.69, 9.17) is 21.1 Å². The lowest BCUT2D eigenvalue weighted by molar-refractivity contribution is 0.0592. The lowest BCUT2D eigenvalue weighted by Gasteiger charge is -2.31. The van der Waals surface area contributed by atoms with E-state index in [1.807, 2.05) is 24.3 Å². The minimum absolute atomic E-state index is 0.0837. The maximum Gasteiger partial charge on any atom is 0.178 e. The number of rotatable bonds is 10. The van der Waals surface area contributed by atoms with Crippen LogP contribution in [0.25, 0.3) is 0 Å². The summed E-state index contributed by atoms with van der Waals surface area (Å²) in [6.45, 7) is 13.3. The zero-order valence-electron chi connectivity index (χ0n) is 20.3. The first-order chi connectivity index (χ1) is 14.9. The molecule has 0 atom stereocenters. The van der Waals surface area contributed by atoms with Crippen LogP contribution in [0, 0.1) is 5.92 Å². The number of aliphatic hydroxyl groups is 1. The van der Waals surface area contributed by atoms with Crippen LogP contribution in [0.4, 0.5) is 0 Å². The summed E-state index contributed by atoms with van der Waals surface area (Å²) in [5.41, 5.74) is 2.27. The summed E-state index contributed by atoms with van der Waals surface area (Å²) in [4.78, 5) is 0.315. The highest BCUT2D eigenvalue weighted by molar-refractivity contribution is 7.91. The van der Waals surface area contributed by atoms with Crippen molar-refractivity contribution in [1.29, 1.82) is 0 Å². The largest absolute Gasteiger partial charge is 0.415 e. The zero-order chi connectivity index (χ0) is 24.4.